The molecule has 1 amide bonds. The number of hydrogen-bond acceptors (Lipinski definition) is 4. The van der Waals surface area contributed by atoms with Crippen molar-refractivity contribution < 1.29 is 14.8 Å². The second-order valence-electron chi connectivity index (χ2n) is 7.01. The van der Waals surface area contributed by atoms with Crippen LogP contribution in [0, 0.1) is 11.8 Å². The molecule has 0 aromatic heterocycles. The number of carbonyl (C=O) groups is 2. The predicted octanol–water partition coefficient (Wildman–Crippen LogP) is 3.99. The molecule has 1 N–H and O–H groups in total. The summed E-state index contributed by atoms with van der Waals surface area (Å²) in [6, 6.07) is 0.139. The number of ketones is 1. The zero-order valence-corrected chi connectivity index (χ0v) is 17.3. The molecule has 0 spiro atoms. The van der Waals surface area contributed by atoms with Gasteiger partial charge in [-0.05, 0) is 39.0 Å². The van der Waals surface area contributed by atoms with Gasteiger partial charge in [-0.25, -0.2) is 0 Å². The Morgan fingerprint density at radius 2 is 1.71 bits per heavy atom. The van der Waals surface area contributed by atoms with Crippen LogP contribution in [0.4, 0.5) is 0 Å². The van der Waals surface area contributed by atoms with Crippen molar-refractivity contribution in [1.29, 1.82) is 0 Å². The average molecular weight is 345 g/mol. The van der Waals surface area contributed by atoms with Crippen LogP contribution < -0.4 is 0 Å². The van der Waals surface area contributed by atoms with Crippen molar-refractivity contribution in [2.75, 3.05) is 13.6 Å². The van der Waals surface area contributed by atoms with Crippen LogP contribution in [0.5, 0.6) is 0 Å². The predicted molar refractivity (Wildman–Crippen MR) is 100 cm³/mol. The third-order valence-electron chi connectivity index (χ3n) is 3.94. The zero-order valence-electron chi connectivity index (χ0n) is 17.3. The Balaban J connectivity index is 0. The van der Waals surface area contributed by atoms with Gasteiger partial charge in [0.25, 0.3) is 0 Å². The fourth-order valence-corrected chi connectivity index (χ4v) is 2.62. The monoisotopic (exact) mass is 344 g/mol. The first-order chi connectivity index (χ1) is 11.1. The molecule has 0 aromatic rings. The Bertz CT molecular complexity index is 355. The highest BCUT2D eigenvalue weighted by atomic mass is 16.5. The SMILES string of the molecule is CC.CC(=O)[C@@H](CC(C)C)N(C)O.CC(C)C(=O)N1CCC[C@H]1C. The van der Waals surface area contributed by atoms with Gasteiger partial charge in [0.1, 0.15) is 5.78 Å². The standard InChI is InChI=1S/C9H17NO.C8H17NO2.C2H6/c1-7(2)9(11)10-6-4-5-8(10)3;1-6(2)5-8(7(3)10)9(4)11;1-2/h7-8H,4-6H2,1-3H3;6,8,11H,5H2,1-4H3;1-2H3/t2*8-;/m11./s1. The number of hydrogen-bond donors (Lipinski definition) is 1. The molecule has 2 atom stereocenters. The van der Waals surface area contributed by atoms with Gasteiger partial charge in [0.15, 0.2) is 0 Å². The Hall–Kier alpha value is -0.940. The van der Waals surface area contributed by atoms with E-state index in [-0.39, 0.29) is 17.7 Å². The van der Waals surface area contributed by atoms with E-state index in [1.54, 1.807) is 0 Å². The molecule has 0 aliphatic carbocycles. The number of likely N-dealkylation sites (tertiary alicyclic amines) is 1. The van der Waals surface area contributed by atoms with Crippen LogP contribution >= 0.6 is 0 Å². The molecule has 24 heavy (non-hydrogen) atoms. The Labute approximate surface area is 149 Å². The van der Waals surface area contributed by atoms with E-state index in [4.69, 9.17) is 5.21 Å². The molecular formula is C19H40N2O3. The summed E-state index contributed by atoms with van der Waals surface area (Å²) in [6.45, 7) is 16.6. The highest BCUT2D eigenvalue weighted by Crippen LogP contribution is 2.18. The Kier molecular flexibility index (Phi) is 14.1. The van der Waals surface area contributed by atoms with Gasteiger partial charge in [0, 0.05) is 25.6 Å². The first-order valence-electron chi connectivity index (χ1n) is 9.30. The average Bonchev–Trinajstić information content (AvgIpc) is 2.92. The van der Waals surface area contributed by atoms with Crippen LogP contribution in [0.2, 0.25) is 0 Å². The third kappa shape index (κ3) is 10.0. The molecule has 1 rings (SSSR count). The quantitative estimate of drug-likeness (QED) is 0.766. The van der Waals surface area contributed by atoms with E-state index in [0.29, 0.717) is 24.3 Å². The van der Waals surface area contributed by atoms with Crippen LogP contribution in [0.25, 0.3) is 0 Å². The molecule has 1 saturated heterocycles. The highest BCUT2D eigenvalue weighted by molar-refractivity contribution is 5.81. The van der Waals surface area contributed by atoms with Crippen LogP contribution in [0.3, 0.4) is 0 Å². The maximum Gasteiger partial charge on any atom is 0.225 e. The number of amides is 1. The summed E-state index contributed by atoms with van der Waals surface area (Å²) in [5.74, 6) is 0.924. The van der Waals surface area contributed by atoms with Gasteiger partial charge in [0.2, 0.25) is 5.91 Å². The van der Waals surface area contributed by atoms with Crippen LogP contribution in [-0.4, -0.2) is 52.5 Å². The number of likely N-dealkylation sites (N-methyl/N-ethyl adjacent to an activating group) is 1. The number of Topliss-reactive ketones (excluding diaryl/α,β-unsaturated/α-hetero) is 1. The van der Waals surface area contributed by atoms with Gasteiger partial charge < -0.3 is 10.1 Å². The van der Waals surface area contributed by atoms with Crippen molar-refractivity contribution in [2.45, 2.75) is 86.7 Å². The lowest BCUT2D eigenvalue weighted by atomic mass is 10.0. The van der Waals surface area contributed by atoms with E-state index in [2.05, 4.69) is 6.92 Å². The van der Waals surface area contributed by atoms with Gasteiger partial charge in [-0.2, -0.15) is 5.06 Å². The fraction of sp³-hybridized carbons (Fsp3) is 0.895. The van der Waals surface area contributed by atoms with Crippen LogP contribution in [0.1, 0.15) is 74.7 Å². The normalized spacial score (nSPS) is 18.0. The van der Waals surface area contributed by atoms with Gasteiger partial charge in [-0.3, -0.25) is 9.59 Å². The first-order valence-corrected chi connectivity index (χ1v) is 9.30. The molecule has 0 saturated carbocycles. The number of rotatable bonds is 5. The van der Waals surface area contributed by atoms with E-state index in [1.165, 1.54) is 26.8 Å². The lowest BCUT2D eigenvalue weighted by molar-refractivity contribution is -0.144. The van der Waals surface area contributed by atoms with E-state index >= 15 is 0 Å². The smallest absolute Gasteiger partial charge is 0.225 e. The van der Waals surface area contributed by atoms with Gasteiger partial charge in [-0.15, -0.1) is 0 Å². The van der Waals surface area contributed by atoms with Crippen molar-refractivity contribution in [3.8, 4) is 0 Å². The summed E-state index contributed by atoms with van der Waals surface area (Å²) >= 11 is 0. The molecular weight excluding hydrogens is 304 g/mol. The van der Waals surface area contributed by atoms with Gasteiger partial charge >= 0.3 is 0 Å². The summed E-state index contributed by atoms with van der Waals surface area (Å²) in [5, 5.41) is 10.0. The fourth-order valence-electron chi connectivity index (χ4n) is 2.62. The van der Waals surface area contributed by atoms with Crippen LogP contribution in [0.15, 0.2) is 0 Å². The minimum absolute atomic E-state index is 0.0173. The van der Waals surface area contributed by atoms with E-state index in [0.717, 1.165) is 11.6 Å². The van der Waals surface area contributed by atoms with E-state index in [9.17, 15) is 9.59 Å². The minimum atomic E-state index is -0.338. The van der Waals surface area contributed by atoms with Crippen molar-refractivity contribution >= 4 is 11.7 Å². The lowest BCUT2D eigenvalue weighted by Gasteiger charge is -2.23. The second kappa shape index (κ2) is 13.4. The molecule has 5 heteroatoms. The maximum absolute atomic E-state index is 11.5. The minimum Gasteiger partial charge on any atom is -0.340 e. The topological polar surface area (TPSA) is 60.9 Å². The maximum atomic E-state index is 11.5. The van der Waals surface area contributed by atoms with Crippen molar-refractivity contribution in [3.63, 3.8) is 0 Å². The Morgan fingerprint density at radius 3 is 1.92 bits per heavy atom. The molecule has 0 radical (unpaired) electrons. The number of nitrogens with zero attached hydrogens (tertiary/aromatic N) is 2. The summed E-state index contributed by atoms with van der Waals surface area (Å²) in [4.78, 5) is 24.4. The first kappa shape index (κ1) is 25.3. The zero-order chi connectivity index (χ0) is 19.4. The second-order valence-corrected chi connectivity index (χ2v) is 7.01. The third-order valence-corrected chi connectivity index (χ3v) is 3.94. The summed E-state index contributed by atoms with van der Waals surface area (Å²) < 4.78 is 0. The Morgan fingerprint density at radius 1 is 1.21 bits per heavy atom. The molecule has 1 heterocycles. The molecule has 1 aliphatic heterocycles. The molecule has 0 aromatic carbocycles. The van der Waals surface area contributed by atoms with E-state index in [1.807, 2.05) is 46.4 Å². The van der Waals surface area contributed by atoms with Crippen LogP contribution in [-0.2, 0) is 9.59 Å². The molecule has 1 fully saturated rings. The molecule has 1 aliphatic rings. The summed E-state index contributed by atoms with van der Waals surface area (Å²) in [6.07, 6.45) is 3.07. The molecule has 144 valence electrons. The molecule has 0 unspecified atom stereocenters. The highest BCUT2D eigenvalue weighted by Gasteiger charge is 2.26. The lowest BCUT2D eigenvalue weighted by Crippen LogP contribution is -2.36. The number of carbonyl (C=O) groups excluding carboxylic acids is 2. The summed E-state index contributed by atoms with van der Waals surface area (Å²) in [7, 11) is 1.51. The van der Waals surface area contributed by atoms with Crippen molar-refractivity contribution in [1.82, 2.24) is 9.96 Å². The van der Waals surface area contributed by atoms with E-state index < -0.39 is 0 Å². The molecule has 0 bridgehead atoms. The molecule has 5 nitrogen and oxygen atoms in total. The van der Waals surface area contributed by atoms with Gasteiger partial charge in [0.05, 0.1) is 6.04 Å². The van der Waals surface area contributed by atoms with Gasteiger partial charge in [-0.1, -0.05) is 41.5 Å². The largest absolute Gasteiger partial charge is 0.340 e. The van der Waals surface area contributed by atoms with Crippen molar-refractivity contribution in [2.24, 2.45) is 11.8 Å². The van der Waals surface area contributed by atoms with Crippen molar-refractivity contribution in [3.05, 3.63) is 0 Å². The number of hydroxylamine groups is 2. The summed E-state index contributed by atoms with van der Waals surface area (Å²) in [5.41, 5.74) is 0.